The second-order valence-corrected chi connectivity index (χ2v) is 5.45. The molecule has 0 radical (unpaired) electrons. The fraction of sp³-hybridized carbons (Fsp3) is 0.429. The fourth-order valence-corrected chi connectivity index (χ4v) is 2.36. The van der Waals surface area contributed by atoms with Crippen LogP contribution in [0.25, 0.3) is 0 Å². The van der Waals surface area contributed by atoms with Crippen LogP contribution in [0.1, 0.15) is 42.7 Å². The monoisotopic (exact) mass is 262 g/mol. The fourth-order valence-electron chi connectivity index (χ4n) is 2.36. The second-order valence-electron chi connectivity index (χ2n) is 5.45. The number of rotatable bonds is 1. The number of hydrogen-bond donors (Lipinski definition) is 0. The van der Waals surface area contributed by atoms with Gasteiger partial charge >= 0.3 is 0 Å². The number of hydrogen-bond acceptors (Lipinski definition) is 3. The minimum absolute atomic E-state index is 0.0257. The number of nitriles is 1. The van der Waals surface area contributed by atoms with E-state index in [2.05, 4.69) is 6.07 Å². The molecule has 100 valence electrons. The molecule has 1 heterocycles. The van der Waals surface area contributed by atoms with Crippen molar-refractivity contribution >= 4 is 5.91 Å². The van der Waals surface area contributed by atoms with Gasteiger partial charge in [0.15, 0.2) is 0 Å². The lowest BCUT2D eigenvalue weighted by molar-refractivity contribution is 0.0565. The summed E-state index contributed by atoms with van der Waals surface area (Å²) in [5.74, 6) is -0.791. The van der Waals surface area contributed by atoms with Gasteiger partial charge in [-0.2, -0.15) is 5.26 Å². The number of ether oxygens (including phenoxy) is 1. The largest absolute Gasteiger partial charge is 0.497 e. The number of halogens is 1. The Morgan fingerprint density at radius 2 is 2.05 bits per heavy atom. The number of amides is 1. The lowest BCUT2D eigenvalue weighted by Gasteiger charge is -2.34. The van der Waals surface area contributed by atoms with Crippen LogP contribution in [0, 0.1) is 17.1 Å². The van der Waals surface area contributed by atoms with Crippen molar-refractivity contribution in [2.75, 3.05) is 7.11 Å². The van der Waals surface area contributed by atoms with Gasteiger partial charge in [-0.15, -0.1) is 0 Å². The highest BCUT2D eigenvalue weighted by atomic mass is 19.1. The molecule has 0 spiro atoms. The summed E-state index contributed by atoms with van der Waals surface area (Å²) in [4.78, 5) is 13.7. The number of methoxy groups -OCH3 is 1. The molecule has 0 saturated carbocycles. The van der Waals surface area contributed by atoms with Crippen molar-refractivity contribution in [1.82, 2.24) is 4.90 Å². The van der Waals surface area contributed by atoms with E-state index < -0.39 is 23.3 Å². The third kappa shape index (κ3) is 1.93. The SMILES string of the molecule is COc1cc(F)c2c(c1)C(C#N)N(C(C)(C)C)C2=O. The summed E-state index contributed by atoms with van der Waals surface area (Å²) >= 11 is 0. The van der Waals surface area contributed by atoms with Crippen LogP contribution < -0.4 is 4.74 Å². The van der Waals surface area contributed by atoms with Gasteiger partial charge in [-0.25, -0.2) is 4.39 Å². The highest BCUT2D eigenvalue weighted by Gasteiger charge is 2.44. The van der Waals surface area contributed by atoms with Crippen molar-refractivity contribution in [2.24, 2.45) is 0 Å². The zero-order valence-corrected chi connectivity index (χ0v) is 11.3. The first kappa shape index (κ1) is 13.3. The van der Waals surface area contributed by atoms with E-state index in [4.69, 9.17) is 4.74 Å². The third-order valence-electron chi connectivity index (χ3n) is 3.16. The molecule has 2 rings (SSSR count). The van der Waals surface area contributed by atoms with Crippen molar-refractivity contribution in [2.45, 2.75) is 32.4 Å². The number of carbonyl (C=O) groups is 1. The molecule has 0 saturated heterocycles. The van der Waals surface area contributed by atoms with E-state index in [1.165, 1.54) is 12.0 Å². The topological polar surface area (TPSA) is 53.3 Å². The molecule has 1 amide bonds. The Kier molecular flexibility index (Phi) is 2.97. The van der Waals surface area contributed by atoms with Gasteiger partial charge in [-0.1, -0.05) is 0 Å². The van der Waals surface area contributed by atoms with E-state index in [9.17, 15) is 14.4 Å². The number of nitrogens with zero attached hydrogens (tertiary/aromatic N) is 2. The molecule has 1 unspecified atom stereocenters. The number of carbonyl (C=O) groups excluding carboxylic acids is 1. The van der Waals surface area contributed by atoms with E-state index in [1.807, 2.05) is 20.8 Å². The van der Waals surface area contributed by atoms with Crippen LogP contribution in [0.3, 0.4) is 0 Å². The van der Waals surface area contributed by atoms with Crippen LogP contribution in [0.15, 0.2) is 12.1 Å². The first-order valence-corrected chi connectivity index (χ1v) is 5.92. The van der Waals surface area contributed by atoms with Gasteiger partial charge in [0, 0.05) is 17.2 Å². The third-order valence-corrected chi connectivity index (χ3v) is 3.16. The Labute approximate surface area is 111 Å². The summed E-state index contributed by atoms with van der Waals surface area (Å²) in [6.07, 6.45) is 0. The van der Waals surface area contributed by atoms with Gasteiger partial charge in [0.25, 0.3) is 5.91 Å². The van der Waals surface area contributed by atoms with Gasteiger partial charge < -0.3 is 9.64 Å². The predicted molar refractivity (Wildman–Crippen MR) is 67.2 cm³/mol. The molecule has 1 aromatic rings. The average molecular weight is 262 g/mol. The van der Waals surface area contributed by atoms with Crippen molar-refractivity contribution in [1.29, 1.82) is 5.26 Å². The molecule has 0 fully saturated rings. The Bertz CT molecular complexity index is 584. The summed E-state index contributed by atoms with van der Waals surface area (Å²) in [6.45, 7) is 5.45. The molecule has 1 aliphatic heterocycles. The summed E-state index contributed by atoms with van der Waals surface area (Å²) in [5, 5.41) is 9.31. The maximum absolute atomic E-state index is 14.0. The standard InChI is InChI=1S/C14H15FN2O2/c1-14(2,3)17-11(7-16)9-5-8(19-4)6-10(15)12(9)13(17)18/h5-6,11H,1-4H3. The molecule has 0 bridgehead atoms. The molecular formula is C14H15FN2O2. The highest BCUT2D eigenvalue weighted by molar-refractivity contribution is 6.00. The van der Waals surface area contributed by atoms with Gasteiger partial charge in [-0.05, 0) is 26.8 Å². The number of benzene rings is 1. The Hall–Kier alpha value is -2.09. The molecule has 4 nitrogen and oxygen atoms in total. The lowest BCUT2D eigenvalue weighted by atomic mass is 10.0. The lowest BCUT2D eigenvalue weighted by Crippen LogP contribution is -2.43. The van der Waals surface area contributed by atoms with Gasteiger partial charge in [0.1, 0.15) is 17.6 Å². The highest BCUT2D eigenvalue weighted by Crippen LogP contribution is 2.40. The molecule has 1 atom stereocenters. The normalized spacial score (nSPS) is 18.2. The molecule has 0 N–H and O–H groups in total. The van der Waals surface area contributed by atoms with Crippen molar-refractivity contribution in [3.8, 4) is 11.8 Å². The molecule has 0 aliphatic carbocycles. The van der Waals surface area contributed by atoms with E-state index >= 15 is 0 Å². The summed E-state index contributed by atoms with van der Waals surface area (Å²) in [6, 6.07) is 4.00. The van der Waals surface area contributed by atoms with E-state index in [-0.39, 0.29) is 5.56 Å². The molecular weight excluding hydrogens is 247 g/mol. The Morgan fingerprint density at radius 1 is 1.42 bits per heavy atom. The van der Waals surface area contributed by atoms with Crippen molar-refractivity contribution in [3.05, 3.63) is 29.1 Å². The van der Waals surface area contributed by atoms with Crippen LogP contribution >= 0.6 is 0 Å². The van der Waals surface area contributed by atoms with Gasteiger partial charge in [0.2, 0.25) is 0 Å². The second kappa shape index (κ2) is 4.23. The van der Waals surface area contributed by atoms with Crippen LogP contribution in [0.5, 0.6) is 5.75 Å². The van der Waals surface area contributed by atoms with E-state index in [1.54, 1.807) is 6.07 Å². The van der Waals surface area contributed by atoms with Crippen molar-refractivity contribution < 1.29 is 13.9 Å². The average Bonchev–Trinajstić information content (AvgIpc) is 2.61. The van der Waals surface area contributed by atoms with Crippen LogP contribution in [-0.4, -0.2) is 23.5 Å². The zero-order valence-electron chi connectivity index (χ0n) is 11.3. The minimum Gasteiger partial charge on any atom is -0.497 e. The van der Waals surface area contributed by atoms with Gasteiger partial charge in [-0.3, -0.25) is 4.79 Å². The van der Waals surface area contributed by atoms with Crippen molar-refractivity contribution in [3.63, 3.8) is 0 Å². The minimum atomic E-state index is -0.785. The quantitative estimate of drug-likeness (QED) is 0.781. The Morgan fingerprint density at radius 3 is 2.53 bits per heavy atom. The van der Waals surface area contributed by atoms with Gasteiger partial charge in [0.05, 0.1) is 18.7 Å². The maximum Gasteiger partial charge on any atom is 0.259 e. The summed E-state index contributed by atoms with van der Waals surface area (Å²) < 4.78 is 19.0. The first-order chi connectivity index (χ1) is 8.81. The van der Waals surface area contributed by atoms with Crippen LogP contribution in [-0.2, 0) is 0 Å². The molecule has 1 aromatic carbocycles. The predicted octanol–water partition coefficient (Wildman–Crippen LogP) is 2.65. The molecule has 5 heteroatoms. The summed E-state index contributed by atoms with van der Waals surface area (Å²) in [7, 11) is 1.42. The Balaban J connectivity index is 2.66. The smallest absolute Gasteiger partial charge is 0.259 e. The van der Waals surface area contributed by atoms with E-state index in [0.29, 0.717) is 11.3 Å². The van der Waals surface area contributed by atoms with Crippen LogP contribution in [0.2, 0.25) is 0 Å². The molecule has 0 aromatic heterocycles. The first-order valence-electron chi connectivity index (χ1n) is 5.92. The maximum atomic E-state index is 14.0. The zero-order chi connectivity index (χ0) is 14.4. The van der Waals surface area contributed by atoms with Crippen LogP contribution in [0.4, 0.5) is 4.39 Å². The molecule has 19 heavy (non-hydrogen) atoms. The summed E-state index contributed by atoms with van der Waals surface area (Å²) in [5.41, 5.74) is -0.211. The molecule has 1 aliphatic rings. The van der Waals surface area contributed by atoms with E-state index in [0.717, 1.165) is 6.07 Å². The number of fused-ring (bicyclic) bond motifs is 1.